The van der Waals surface area contributed by atoms with Crippen LogP contribution >= 0.6 is 30.4 Å². The summed E-state index contributed by atoms with van der Waals surface area (Å²) in [6.45, 7) is 65.6. The number of hydrogen-bond donors (Lipinski definition) is 0. The van der Waals surface area contributed by atoms with E-state index in [-0.39, 0.29) is 63.8 Å². The first kappa shape index (κ1) is 49.3. The van der Waals surface area contributed by atoms with Gasteiger partial charge in [-0.15, -0.1) is 0 Å². The third-order valence-corrected chi connectivity index (χ3v) is 40.6. The molecule has 2 rings (SSSR count). The van der Waals surface area contributed by atoms with Crippen LogP contribution in [0.4, 0.5) is 0 Å². The van der Waals surface area contributed by atoms with Gasteiger partial charge in [0.15, 0.2) is 0 Å². The fourth-order valence-electron chi connectivity index (χ4n) is 9.25. The Bertz CT molecular complexity index is 809. The number of hydrogen-bond acceptors (Lipinski definition) is 0. The topological polar surface area (TPSA) is 0 Å². The van der Waals surface area contributed by atoms with E-state index in [1.165, 1.54) is 0 Å². The number of rotatable bonds is 0. The highest BCUT2D eigenvalue weighted by Crippen LogP contribution is 3.01. The summed E-state index contributed by atoms with van der Waals surface area (Å²) in [6, 6.07) is 0. The second kappa shape index (κ2) is 14.3. The van der Waals surface area contributed by atoms with Gasteiger partial charge in [0.05, 0.1) is 45.2 Å². The number of halogens is 2. The normalized spacial score (nSPS) is 34.0. The molecule has 4 unspecified atom stereocenters. The quantitative estimate of drug-likeness (QED) is 0.168. The smallest absolute Gasteiger partial charge is 0.0977 e. The fraction of sp³-hybridized carbons (Fsp3) is 1.00. The Balaban J connectivity index is 0. The molecule has 268 valence electrons. The van der Waals surface area contributed by atoms with Crippen molar-refractivity contribution in [3.63, 3.8) is 0 Å². The molecule has 0 saturated carbocycles. The molecule has 6 heteroatoms. The lowest BCUT2D eigenvalue weighted by Crippen LogP contribution is -3.00. The van der Waals surface area contributed by atoms with Crippen molar-refractivity contribution in [1.82, 2.24) is 0 Å². The Morgan fingerprint density at radius 1 is 0.318 bits per heavy atom. The van der Waals surface area contributed by atoms with Crippen LogP contribution in [-0.4, -0.2) is 55.6 Å². The van der Waals surface area contributed by atoms with E-state index >= 15 is 0 Å². The lowest BCUT2D eigenvalue weighted by molar-refractivity contribution is -0.00100. The summed E-state index contributed by atoms with van der Waals surface area (Å²) in [7, 11) is -1.92. The first-order valence-corrected chi connectivity index (χ1v) is 24.7. The van der Waals surface area contributed by atoms with E-state index in [1.807, 2.05) is 0 Å². The molecule has 0 aromatic rings. The predicted molar refractivity (Wildman–Crippen MR) is 212 cm³/mol. The molecule has 2 fully saturated rings. The van der Waals surface area contributed by atoms with Gasteiger partial charge in [-0.3, -0.25) is 0 Å². The van der Waals surface area contributed by atoms with E-state index in [4.69, 9.17) is 0 Å². The first-order chi connectivity index (χ1) is 17.7. The molecule has 0 spiro atoms. The summed E-state index contributed by atoms with van der Waals surface area (Å²) in [5, 5.41) is 5.66. The van der Waals surface area contributed by atoms with E-state index in [0.717, 1.165) is 21.6 Å². The van der Waals surface area contributed by atoms with Crippen molar-refractivity contribution in [2.45, 2.75) is 208 Å². The Labute approximate surface area is 319 Å². The standard InChI is InChI=1S/2C19H41P2.2HI/c2*1-16(2,3)14-20(18(7,8)9)15(17(4,5)6)21(14,13)19(10,11)12;;/h2*14-15H,1-13H3;2*1H/q2*+1;;/p-2/t2*14-,15+,20?,21?;;. The Morgan fingerprint density at radius 2 is 0.455 bits per heavy atom. The Morgan fingerprint density at radius 3 is 0.523 bits per heavy atom. The van der Waals surface area contributed by atoms with Crippen LogP contribution in [0.2, 0.25) is 0 Å². The molecule has 0 aliphatic carbocycles. The summed E-state index contributed by atoms with van der Waals surface area (Å²) in [6.07, 6.45) is 0. The molecule has 2 aliphatic heterocycles. The SMILES string of the molecule is CC(C)(C)[C@H]1P(C(C)(C)C)[C@@H](C(C)(C)C)[P+]1(C)C(C)(C)C.CC(C)(C)[C@H]1P(C(C)(C)C)[C@@H](C(C)(C)C)[P+]1(C)C(C)(C)C.[I-].[I-]. The van der Waals surface area contributed by atoms with E-state index < -0.39 is 14.5 Å². The highest BCUT2D eigenvalue weighted by molar-refractivity contribution is 8.03. The molecule has 2 saturated heterocycles. The van der Waals surface area contributed by atoms with Crippen molar-refractivity contribution in [3.8, 4) is 0 Å². The zero-order valence-corrected chi connectivity index (χ0v) is 42.7. The largest absolute Gasteiger partial charge is 1.00 e. The van der Waals surface area contributed by atoms with Crippen LogP contribution in [0, 0.1) is 21.7 Å². The third-order valence-electron chi connectivity index (χ3n) is 10.6. The molecule has 0 aromatic carbocycles. The lowest BCUT2D eigenvalue weighted by Gasteiger charge is -2.68. The van der Waals surface area contributed by atoms with Crippen molar-refractivity contribution < 1.29 is 48.0 Å². The molecule has 0 aromatic heterocycles. The van der Waals surface area contributed by atoms with Crippen molar-refractivity contribution >= 4 is 30.4 Å². The second-order valence-corrected chi connectivity index (χ2v) is 40.1. The van der Waals surface area contributed by atoms with Crippen LogP contribution in [0.3, 0.4) is 0 Å². The van der Waals surface area contributed by atoms with Crippen LogP contribution in [-0.2, 0) is 0 Å². The van der Waals surface area contributed by atoms with E-state index in [9.17, 15) is 0 Å². The van der Waals surface area contributed by atoms with Gasteiger partial charge in [0, 0.05) is 36.2 Å². The minimum atomic E-state index is -1.01. The molecule has 0 amide bonds. The van der Waals surface area contributed by atoms with E-state index in [2.05, 4.69) is 179 Å². The first-order valence-electron chi connectivity index (χ1n) is 17.0. The van der Waals surface area contributed by atoms with Gasteiger partial charge in [0.25, 0.3) is 0 Å². The zero-order chi connectivity index (χ0) is 34.5. The van der Waals surface area contributed by atoms with Crippen LogP contribution in [0.25, 0.3) is 0 Å². The van der Waals surface area contributed by atoms with Crippen LogP contribution in [0.5, 0.6) is 0 Å². The maximum absolute atomic E-state index is 2.71. The van der Waals surface area contributed by atoms with Crippen molar-refractivity contribution in [2.24, 2.45) is 21.7 Å². The monoisotopic (exact) mass is 916 g/mol. The molecule has 0 nitrogen and oxygen atoms in total. The van der Waals surface area contributed by atoms with Crippen molar-refractivity contribution in [1.29, 1.82) is 0 Å². The second-order valence-electron chi connectivity index (χ2n) is 22.8. The summed E-state index contributed by atoms with van der Waals surface area (Å²) in [5.41, 5.74) is 1.76. The molecule has 0 radical (unpaired) electrons. The summed E-state index contributed by atoms with van der Waals surface area (Å²) in [4.78, 5) is 0. The van der Waals surface area contributed by atoms with E-state index in [1.54, 1.807) is 0 Å². The van der Waals surface area contributed by atoms with Crippen LogP contribution in [0.1, 0.15) is 166 Å². The third kappa shape index (κ3) is 9.34. The Kier molecular flexibility index (Phi) is 16.0. The molecular weight excluding hydrogens is 834 g/mol. The highest BCUT2D eigenvalue weighted by atomic mass is 127. The van der Waals surface area contributed by atoms with Gasteiger partial charge >= 0.3 is 0 Å². The maximum atomic E-state index is 2.71. The van der Waals surface area contributed by atoms with E-state index in [0.29, 0.717) is 42.3 Å². The highest BCUT2D eigenvalue weighted by Gasteiger charge is 2.78. The minimum absolute atomic E-state index is 0. The molecule has 2 aliphatic rings. The van der Waals surface area contributed by atoms with Gasteiger partial charge < -0.3 is 48.0 Å². The Hall–Kier alpha value is 3.18. The van der Waals surface area contributed by atoms with Crippen molar-refractivity contribution in [3.05, 3.63) is 0 Å². The van der Waals surface area contributed by atoms with Crippen molar-refractivity contribution in [2.75, 3.05) is 13.3 Å². The van der Waals surface area contributed by atoms with Gasteiger partial charge in [0.2, 0.25) is 0 Å². The van der Waals surface area contributed by atoms with Gasteiger partial charge in [-0.25, -0.2) is 0 Å². The summed E-state index contributed by atoms with van der Waals surface area (Å²) in [5.74, 6) is 0. The minimum Gasteiger partial charge on any atom is -1.00 e. The van der Waals surface area contributed by atoms with Crippen LogP contribution in [0.15, 0.2) is 0 Å². The maximum Gasteiger partial charge on any atom is 0.0977 e. The average Bonchev–Trinajstić information content (AvgIpc) is 2.55. The van der Waals surface area contributed by atoms with Gasteiger partial charge in [-0.05, 0) is 67.7 Å². The van der Waals surface area contributed by atoms with Gasteiger partial charge in [-0.1, -0.05) is 125 Å². The molecule has 2 heterocycles. The van der Waals surface area contributed by atoms with Gasteiger partial charge in [-0.2, -0.15) is 0 Å². The summed E-state index contributed by atoms with van der Waals surface area (Å²) >= 11 is 0. The molecule has 0 N–H and O–H groups in total. The van der Waals surface area contributed by atoms with Gasteiger partial charge in [0.1, 0.15) is 0 Å². The molecule has 8 atom stereocenters. The predicted octanol–water partition coefficient (Wildman–Crippen LogP) is 8.95. The van der Waals surface area contributed by atoms with Crippen LogP contribution < -0.4 is 48.0 Å². The lowest BCUT2D eigenvalue weighted by atomic mass is 9.98. The average molecular weight is 917 g/mol. The molecule has 44 heavy (non-hydrogen) atoms. The molecular formula is C38H82I2P4. The fourth-order valence-corrected chi connectivity index (χ4v) is 43.7. The zero-order valence-electron chi connectivity index (χ0n) is 34.9. The molecule has 0 bridgehead atoms. The summed E-state index contributed by atoms with van der Waals surface area (Å²) < 4.78 is 0.